The van der Waals surface area contributed by atoms with Crippen molar-refractivity contribution in [2.75, 3.05) is 23.3 Å². The van der Waals surface area contributed by atoms with Gasteiger partial charge in [0.1, 0.15) is 30.6 Å². The van der Waals surface area contributed by atoms with Crippen LogP contribution in [0.5, 0.6) is 0 Å². The van der Waals surface area contributed by atoms with E-state index < -0.39 is 11.2 Å². The molecule has 1 aliphatic heterocycles. The molecule has 0 aromatic carbocycles. The number of hydrogen-bond donors (Lipinski definition) is 2. The summed E-state index contributed by atoms with van der Waals surface area (Å²) < 4.78 is 2.69. The third-order valence-electron chi connectivity index (χ3n) is 4.28. The molecule has 0 unspecified atom stereocenters. The van der Waals surface area contributed by atoms with Crippen LogP contribution in [-0.2, 0) is 11.8 Å². The van der Waals surface area contributed by atoms with Crippen molar-refractivity contribution >= 4 is 17.5 Å². The first-order valence-electron chi connectivity index (χ1n) is 8.04. The highest BCUT2D eigenvalue weighted by molar-refractivity contribution is 5.93. The fourth-order valence-electron chi connectivity index (χ4n) is 2.70. The zero-order chi connectivity index (χ0) is 19.0. The molecule has 4 heterocycles. The zero-order valence-corrected chi connectivity index (χ0v) is 14.2. The second kappa shape index (κ2) is 6.48. The molecule has 1 saturated heterocycles. The molecular formula is C15H15N9O3. The van der Waals surface area contributed by atoms with E-state index in [1.807, 2.05) is 4.90 Å². The smallest absolute Gasteiger partial charge is 0.329 e. The summed E-state index contributed by atoms with van der Waals surface area (Å²) in [6, 6.07) is 2.92. The summed E-state index contributed by atoms with van der Waals surface area (Å²) in [5, 5.41) is 6.64. The first-order chi connectivity index (χ1) is 13.0. The fourth-order valence-corrected chi connectivity index (χ4v) is 2.70. The number of nitrogens with zero attached hydrogens (tertiary/aromatic N) is 7. The molecule has 138 valence electrons. The van der Waals surface area contributed by atoms with Crippen LogP contribution in [0.4, 0.5) is 11.6 Å². The Morgan fingerprint density at radius 3 is 2.70 bits per heavy atom. The normalized spacial score (nSPS) is 14.0. The summed E-state index contributed by atoms with van der Waals surface area (Å²) in [7, 11) is 1.47. The molecule has 1 aliphatic rings. The molecule has 1 fully saturated rings. The number of nitrogens with one attached hydrogen (secondary N) is 2. The Balaban J connectivity index is 1.43. The van der Waals surface area contributed by atoms with Crippen LogP contribution in [0.2, 0.25) is 0 Å². The maximum Gasteiger partial charge on any atom is 0.329 e. The van der Waals surface area contributed by atoms with Crippen molar-refractivity contribution in [3.63, 3.8) is 0 Å². The van der Waals surface area contributed by atoms with E-state index in [0.29, 0.717) is 24.7 Å². The van der Waals surface area contributed by atoms with Crippen LogP contribution < -0.4 is 21.5 Å². The van der Waals surface area contributed by atoms with Gasteiger partial charge in [0, 0.05) is 32.3 Å². The van der Waals surface area contributed by atoms with Crippen LogP contribution in [0, 0.1) is 5.92 Å². The van der Waals surface area contributed by atoms with Crippen LogP contribution in [0.3, 0.4) is 0 Å². The number of aromatic nitrogens is 7. The quantitative estimate of drug-likeness (QED) is 0.567. The van der Waals surface area contributed by atoms with E-state index in [9.17, 15) is 14.4 Å². The van der Waals surface area contributed by atoms with Gasteiger partial charge in [-0.1, -0.05) is 0 Å². The van der Waals surface area contributed by atoms with Crippen LogP contribution in [-0.4, -0.2) is 53.3 Å². The van der Waals surface area contributed by atoms with Gasteiger partial charge in [0.2, 0.25) is 5.91 Å². The molecule has 4 rings (SSSR count). The molecule has 12 nitrogen and oxygen atoms in total. The lowest BCUT2D eigenvalue weighted by atomic mass is 9.99. The number of hydrogen-bond acceptors (Lipinski definition) is 8. The topological polar surface area (TPSA) is 144 Å². The van der Waals surface area contributed by atoms with Crippen LogP contribution in [0.1, 0.15) is 0 Å². The summed E-state index contributed by atoms with van der Waals surface area (Å²) in [5.74, 6) is 0.844. The van der Waals surface area contributed by atoms with Gasteiger partial charge in [0.05, 0.1) is 5.92 Å². The van der Waals surface area contributed by atoms with Gasteiger partial charge < -0.3 is 10.2 Å². The summed E-state index contributed by atoms with van der Waals surface area (Å²) in [6.45, 7) is 0.910. The number of anilines is 2. The molecule has 3 aromatic rings. The minimum Gasteiger partial charge on any atom is -0.355 e. The van der Waals surface area contributed by atoms with E-state index in [0.717, 1.165) is 0 Å². The number of aromatic amines is 1. The van der Waals surface area contributed by atoms with Gasteiger partial charge in [-0.3, -0.25) is 19.1 Å². The third-order valence-corrected chi connectivity index (χ3v) is 4.28. The lowest BCUT2D eigenvalue weighted by Crippen LogP contribution is -2.52. The predicted octanol–water partition coefficient (Wildman–Crippen LogP) is -1.48. The molecule has 0 aliphatic carbocycles. The second-order valence-corrected chi connectivity index (χ2v) is 6.05. The lowest BCUT2D eigenvalue weighted by Gasteiger charge is -2.39. The Morgan fingerprint density at radius 2 is 1.96 bits per heavy atom. The maximum atomic E-state index is 12.4. The van der Waals surface area contributed by atoms with E-state index in [2.05, 4.69) is 30.4 Å². The summed E-state index contributed by atoms with van der Waals surface area (Å²) in [5.41, 5.74) is -1.15. The standard InChI is InChI=1S/C15H15N9O3/c1-22-12(3-13(25)21-15(22)27)20-14(26)9-4-23(5-9)10-2-11(18-7-17-10)24-8-16-6-19-24/h2-3,6-9H,4-5H2,1H3,(H,20,26)(H,21,25,27). The molecule has 3 aromatic heterocycles. The Kier molecular flexibility index (Phi) is 3.99. The average molecular weight is 369 g/mol. The highest BCUT2D eigenvalue weighted by Gasteiger charge is 2.34. The summed E-state index contributed by atoms with van der Waals surface area (Å²) >= 11 is 0. The Hall–Kier alpha value is -3.83. The van der Waals surface area contributed by atoms with E-state index in [1.165, 1.54) is 41.3 Å². The molecule has 0 saturated carbocycles. The fraction of sp³-hybridized carbons (Fsp3) is 0.267. The summed E-state index contributed by atoms with van der Waals surface area (Å²) in [4.78, 5) is 51.6. The van der Waals surface area contributed by atoms with Gasteiger partial charge >= 0.3 is 5.69 Å². The first kappa shape index (κ1) is 16.6. The Bertz CT molecular complexity index is 1100. The number of rotatable bonds is 4. The van der Waals surface area contributed by atoms with Crippen LogP contribution in [0.15, 0.2) is 40.7 Å². The van der Waals surface area contributed by atoms with Crippen molar-refractivity contribution in [2.45, 2.75) is 0 Å². The van der Waals surface area contributed by atoms with Gasteiger partial charge in [0.15, 0.2) is 5.82 Å². The van der Waals surface area contributed by atoms with Crippen molar-refractivity contribution in [3.8, 4) is 5.82 Å². The van der Waals surface area contributed by atoms with Gasteiger partial charge in [-0.15, -0.1) is 0 Å². The molecule has 0 radical (unpaired) electrons. The minimum absolute atomic E-state index is 0.155. The zero-order valence-electron chi connectivity index (χ0n) is 14.2. The largest absolute Gasteiger partial charge is 0.355 e. The number of carbonyl (C=O) groups is 1. The van der Waals surface area contributed by atoms with E-state index >= 15 is 0 Å². The third kappa shape index (κ3) is 3.19. The molecule has 27 heavy (non-hydrogen) atoms. The van der Waals surface area contributed by atoms with Crippen LogP contribution in [0.25, 0.3) is 5.82 Å². The van der Waals surface area contributed by atoms with E-state index in [4.69, 9.17) is 0 Å². The van der Waals surface area contributed by atoms with Crippen LogP contribution >= 0.6 is 0 Å². The minimum atomic E-state index is -0.588. The van der Waals surface area contributed by atoms with E-state index in [-0.39, 0.29) is 17.6 Å². The predicted molar refractivity (Wildman–Crippen MR) is 93.6 cm³/mol. The van der Waals surface area contributed by atoms with Crippen molar-refractivity contribution < 1.29 is 4.79 Å². The molecule has 0 atom stereocenters. The molecule has 0 spiro atoms. The van der Waals surface area contributed by atoms with Crippen molar-refractivity contribution in [2.24, 2.45) is 13.0 Å². The number of H-pyrrole nitrogens is 1. The van der Waals surface area contributed by atoms with Gasteiger partial charge in [-0.2, -0.15) is 5.10 Å². The molecule has 1 amide bonds. The SMILES string of the molecule is Cn1c(NC(=O)C2CN(c3cc(-n4cncn4)ncn3)C2)cc(=O)[nH]c1=O. The lowest BCUT2D eigenvalue weighted by molar-refractivity contribution is -0.120. The average Bonchev–Trinajstić information content (AvgIpc) is 3.13. The Morgan fingerprint density at radius 1 is 1.19 bits per heavy atom. The molecular weight excluding hydrogens is 354 g/mol. The number of amides is 1. The molecule has 12 heteroatoms. The van der Waals surface area contributed by atoms with Crippen molar-refractivity contribution in [1.29, 1.82) is 0 Å². The second-order valence-electron chi connectivity index (χ2n) is 6.05. The van der Waals surface area contributed by atoms with Gasteiger partial charge in [-0.05, 0) is 0 Å². The maximum absolute atomic E-state index is 12.4. The van der Waals surface area contributed by atoms with E-state index in [1.54, 1.807) is 6.07 Å². The molecule has 2 N–H and O–H groups in total. The first-order valence-corrected chi connectivity index (χ1v) is 8.04. The highest BCUT2D eigenvalue weighted by atomic mass is 16.2. The van der Waals surface area contributed by atoms with Gasteiger partial charge in [-0.25, -0.2) is 24.4 Å². The van der Waals surface area contributed by atoms with Crippen molar-refractivity contribution in [1.82, 2.24) is 34.3 Å². The van der Waals surface area contributed by atoms with Crippen molar-refractivity contribution in [3.05, 3.63) is 52.0 Å². The Labute approximate surface area is 151 Å². The highest BCUT2D eigenvalue weighted by Crippen LogP contribution is 2.24. The number of carbonyl (C=O) groups excluding carboxylic acids is 1. The summed E-state index contributed by atoms with van der Waals surface area (Å²) in [6.07, 6.45) is 4.36. The monoisotopic (exact) mass is 369 g/mol. The molecule has 0 bridgehead atoms. The van der Waals surface area contributed by atoms with Gasteiger partial charge in [0.25, 0.3) is 5.56 Å².